The minimum atomic E-state index is -0.624. The summed E-state index contributed by atoms with van der Waals surface area (Å²) in [6, 6.07) is 2.88. The van der Waals surface area contributed by atoms with Crippen LogP contribution in [0.5, 0.6) is 0 Å². The van der Waals surface area contributed by atoms with Gasteiger partial charge in [0.2, 0.25) is 5.91 Å². The van der Waals surface area contributed by atoms with Crippen molar-refractivity contribution < 1.29 is 4.79 Å². The summed E-state index contributed by atoms with van der Waals surface area (Å²) < 4.78 is 1.89. The maximum atomic E-state index is 12.9. The Labute approximate surface area is 155 Å². The molecule has 1 saturated heterocycles. The highest BCUT2D eigenvalue weighted by atomic mass is 16.2. The van der Waals surface area contributed by atoms with E-state index in [1.807, 2.05) is 10.9 Å². The Balaban J connectivity index is 1.67. The Morgan fingerprint density at radius 3 is 2.58 bits per heavy atom. The molecule has 1 saturated carbocycles. The predicted octanol–water partition coefficient (Wildman–Crippen LogP) is 0.750. The average molecular weight is 359 g/mol. The van der Waals surface area contributed by atoms with Crippen LogP contribution in [0, 0.1) is 11.3 Å². The fourth-order valence-corrected chi connectivity index (χ4v) is 4.33. The lowest BCUT2D eigenvalue weighted by molar-refractivity contribution is -0.135. The second kappa shape index (κ2) is 7.72. The zero-order valence-electron chi connectivity index (χ0n) is 16.0. The lowest BCUT2D eigenvalue weighted by Crippen LogP contribution is -2.52. The maximum Gasteiger partial charge on any atom is 0.237 e. The molecule has 1 aliphatic heterocycles. The van der Waals surface area contributed by atoms with Gasteiger partial charge in [0.05, 0.1) is 24.9 Å². The Morgan fingerprint density at radius 1 is 1.27 bits per heavy atom. The summed E-state index contributed by atoms with van der Waals surface area (Å²) in [5.74, 6) is 0.0326. The topological polar surface area (TPSA) is 81.3 Å². The second-order valence-corrected chi connectivity index (χ2v) is 7.83. The zero-order valence-corrected chi connectivity index (χ0v) is 16.0. The van der Waals surface area contributed by atoms with Gasteiger partial charge in [0.15, 0.2) is 0 Å². The standard InChI is InChI=1S/C18H29N7O/c1-22(2)15-11-24(12-16(15)25-10-9-20-21-25)13-17(26)23(3)18(14-19)7-5-4-6-8-18/h9-10,15-16H,4-8,11-13H2,1-3H3/t15-,16+/m1/s1. The monoisotopic (exact) mass is 359 g/mol. The van der Waals surface area contributed by atoms with Crippen molar-refractivity contribution in [3.05, 3.63) is 12.4 Å². The van der Waals surface area contributed by atoms with Gasteiger partial charge in [-0.2, -0.15) is 5.26 Å². The minimum Gasteiger partial charge on any atom is -0.326 e. The Morgan fingerprint density at radius 2 is 2.00 bits per heavy atom. The summed E-state index contributed by atoms with van der Waals surface area (Å²) in [5.41, 5.74) is -0.624. The lowest BCUT2D eigenvalue weighted by Gasteiger charge is -2.39. The molecule has 0 aromatic carbocycles. The van der Waals surface area contributed by atoms with Gasteiger partial charge in [0.1, 0.15) is 5.54 Å². The summed E-state index contributed by atoms with van der Waals surface area (Å²) in [6.45, 7) is 1.90. The molecule has 2 fully saturated rings. The zero-order chi connectivity index (χ0) is 18.7. The van der Waals surface area contributed by atoms with Crippen LogP contribution in [-0.2, 0) is 4.79 Å². The number of likely N-dealkylation sites (N-methyl/N-ethyl adjacent to an activating group) is 2. The molecule has 0 radical (unpaired) electrons. The number of hydrogen-bond donors (Lipinski definition) is 0. The highest BCUT2D eigenvalue weighted by Gasteiger charge is 2.41. The molecule has 3 rings (SSSR count). The molecule has 2 heterocycles. The van der Waals surface area contributed by atoms with Gasteiger partial charge in [0.25, 0.3) is 0 Å². The smallest absolute Gasteiger partial charge is 0.237 e. The third kappa shape index (κ3) is 3.60. The van der Waals surface area contributed by atoms with Crippen LogP contribution in [-0.4, -0.2) is 88.0 Å². The Hall–Kier alpha value is -1.98. The molecule has 142 valence electrons. The van der Waals surface area contributed by atoms with Crippen molar-refractivity contribution in [2.24, 2.45) is 0 Å². The molecule has 1 amide bonds. The minimum absolute atomic E-state index is 0.0326. The molecule has 0 unspecified atom stereocenters. The van der Waals surface area contributed by atoms with Crippen molar-refractivity contribution in [2.45, 2.75) is 49.7 Å². The summed E-state index contributed by atoms with van der Waals surface area (Å²) in [5, 5.41) is 17.8. The van der Waals surface area contributed by atoms with E-state index in [4.69, 9.17) is 0 Å². The largest absolute Gasteiger partial charge is 0.326 e. The average Bonchev–Trinajstić information content (AvgIpc) is 3.31. The Bertz CT molecular complexity index is 645. The molecule has 26 heavy (non-hydrogen) atoms. The molecule has 1 aromatic heterocycles. The molecule has 2 aliphatic rings. The number of nitriles is 1. The van der Waals surface area contributed by atoms with Crippen LogP contribution in [0.4, 0.5) is 0 Å². The van der Waals surface area contributed by atoms with E-state index in [9.17, 15) is 10.1 Å². The van der Waals surface area contributed by atoms with Crippen molar-refractivity contribution in [2.75, 3.05) is 40.8 Å². The molecule has 8 heteroatoms. The van der Waals surface area contributed by atoms with Crippen LogP contribution in [0.2, 0.25) is 0 Å². The van der Waals surface area contributed by atoms with Crippen LogP contribution < -0.4 is 0 Å². The van der Waals surface area contributed by atoms with Gasteiger partial charge >= 0.3 is 0 Å². The molecule has 0 bridgehead atoms. The third-order valence-electron chi connectivity index (χ3n) is 6.04. The van der Waals surface area contributed by atoms with Crippen LogP contribution in [0.3, 0.4) is 0 Å². The molecule has 2 atom stereocenters. The van der Waals surface area contributed by atoms with Crippen LogP contribution in [0.1, 0.15) is 38.1 Å². The van der Waals surface area contributed by atoms with Gasteiger partial charge in [-0.25, -0.2) is 4.68 Å². The van der Waals surface area contributed by atoms with E-state index in [0.717, 1.165) is 45.2 Å². The molecule has 1 aliphatic carbocycles. The van der Waals surface area contributed by atoms with E-state index in [1.165, 1.54) is 0 Å². The van der Waals surface area contributed by atoms with Crippen molar-refractivity contribution in [1.82, 2.24) is 29.7 Å². The maximum absolute atomic E-state index is 12.9. The van der Waals surface area contributed by atoms with Crippen LogP contribution >= 0.6 is 0 Å². The molecule has 0 N–H and O–H groups in total. The van der Waals surface area contributed by atoms with E-state index in [-0.39, 0.29) is 18.0 Å². The molecular weight excluding hydrogens is 330 g/mol. The second-order valence-electron chi connectivity index (χ2n) is 7.83. The SMILES string of the molecule is CN(C)[C@@H]1CN(CC(=O)N(C)C2(C#N)CCCCC2)C[C@@H]1n1ccnn1. The third-order valence-corrected chi connectivity index (χ3v) is 6.04. The number of likely N-dealkylation sites (tertiary alicyclic amines) is 1. The number of nitrogens with zero attached hydrogens (tertiary/aromatic N) is 7. The molecule has 1 aromatic rings. The Kier molecular flexibility index (Phi) is 5.58. The van der Waals surface area contributed by atoms with Crippen molar-refractivity contribution in [3.63, 3.8) is 0 Å². The number of amides is 1. The van der Waals surface area contributed by atoms with Gasteiger partial charge in [0, 0.05) is 32.4 Å². The van der Waals surface area contributed by atoms with Crippen molar-refractivity contribution >= 4 is 5.91 Å². The van der Waals surface area contributed by atoms with E-state index >= 15 is 0 Å². The summed E-state index contributed by atoms with van der Waals surface area (Å²) in [7, 11) is 5.91. The number of carbonyl (C=O) groups excluding carboxylic acids is 1. The van der Waals surface area contributed by atoms with E-state index < -0.39 is 5.54 Å². The van der Waals surface area contributed by atoms with E-state index in [1.54, 1.807) is 18.1 Å². The fourth-order valence-electron chi connectivity index (χ4n) is 4.33. The normalized spacial score (nSPS) is 26.0. The fraction of sp³-hybridized carbons (Fsp3) is 0.778. The van der Waals surface area contributed by atoms with Gasteiger partial charge in [-0.15, -0.1) is 5.10 Å². The molecule has 0 spiro atoms. The highest BCUT2D eigenvalue weighted by Crippen LogP contribution is 2.33. The van der Waals surface area contributed by atoms with Gasteiger partial charge in [-0.3, -0.25) is 9.69 Å². The molecule has 8 nitrogen and oxygen atoms in total. The molecular formula is C18H29N7O. The van der Waals surface area contributed by atoms with Crippen LogP contribution in [0.15, 0.2) is 12.4 Å². The van der Waals surface area contributed by atoms with Crippen LogP contribution in [0.25, 0.3) is 0 Å². The van der Waals surface area contributed by atoms with Crippen molar-refractivity contribution in [3.8, 4) is 6.07 Å². The van der Waals surface area contributed by atoms with E-state index in [2.05, 4.69) is 40.3 Å². The number of aromatic nitrogens is 3. The lowest BCUT2D eigenvalue weighted by atomic mass is 9.81. The number of hydrogen-bond acceptors (Lipinski definition) is 6. The van der Waals surface area contributed by atoms with Gasteiger partial charge < -0.3 is 9.80 Å². The van der Waals surface area contributed by atoms with Crippen molar-refractivity contribution in [1.29, 1.82) is 5.26 Å². The number of carbonyl (C=O) groups is 1. The first-order valence-corrected chi connectivity index (χ1v) is 9.39. The first-order chi connectivity index (χ1) is 12.5. The number of rotatable bonds is 5. The highest BCUT2D eigenvalue weighted by molar-refractivity contribution is 5.79. The quantitative estimate of drug-likeness (QED) is 0.772. The predicted molar refractivity (Wildman–Crippen MR) is 97.2 cm³/mol. The first-order valence-electron chi connectivity index (χ1n) is 9.39. The van der Waals surface area contributed by atoms with Gasteiger partial charge in [-0.05, 0) is 26.9 Å². The summed E-state index contributed by atoms with van der Waals surface area (Å²) in [4.78, 5) is 19.0. The van der Waals surface area contributed by atoms with Gasteiger partial charge in [-0.1, -0.05) is 24.5 Å². The van der Waals surface area contributed by atoms with E-state index in [0.29, 0.717) is 6.54 Å². The first kappa shape index (κ1) is 18.8. The summed E-state index contributed by atoms with van der Waals surface area (Å²) >= 11 is 0. The summed E-state index contributed by atoms with van der Waals surface area (Å²) in [6.07, 6.45) is 8.33.